The van der Waals surface area contributed by atoms with Gasteiger partial charge in [-0.25, -0.2) is 0 Å². The first-order chi connectivity index (χ1) is 5.31. The number of nitrogens with zero attached hydrogens (tertiary/aromatic N) is 1. The van der Waals surface area contributed by atoms with Crippen LogP contribution < -0.4 is 5.73 Å². The molecule has 11 heavy (non-hydrogen) atoms. The van der Waals surface area contributed by atoms with Crippen LogP contribution in [0.4, 0.5) is 0 Å². The highest BCUT2D eigenvalue weighted by Gasteiger charge is 1.75. The molecule has 0 saturated carbocycles. The Bertz CT molecular complexity index is 98.3. The van der Waals surface area contributed by atoms with E-state index in [0.29, 0.717) is 5.17 Å². The van der Waals surface area contributed by atoms with Gasteiger partial charge in [-0.15, -0.1) is 0 Å². The predicted octanol–water partition coefficient (Wildman–Crippen LogP) is 2.78. The highest BCUT2D eigenvalue weighted by molar-refractivity contribution is 6.68. The van der Waals surface area contributed by atoms with Crippen LogP contribution in [-0.4, -0.2) is 12.2 Å². The Morgan fingerprint density at radius 1 is 1.27 bits per heavy atom. The zero-order chi connectivity index (χ0) is 9.70. The van der Waals surface area contributed by atoms with E-state index in [1.165, 1.54) is 12.3 Å². The Balaban J connectivity index is -0.000000138. The Morgan fingerprint density at radius 2 is 1.64 bits per heavy atom. The van der Waals surface area contributed by atoms with E-state index in [9.17, 15) is 0 Å². The van der Waals surface area contributed by atoms with Crippen molar-refractivity contribution in [2.75, 3.05) is 7.05 Å². The van der Waals surface area contributed by atoms with Gasteiger partial charge in [-0.1, -0.05) is 39.3 Å². The molecule has 0 atom stereocenters. The van der Waals surface area contributed by atoms with E-state index in [0.717, 1.165) is 0 Å². The van der Waals surface area contributed by atoms with Gasteiger partial charge in [0, 0.05) is 7.05 Å². The summed E-state index contributed by atoms with van der Waals surface area (Å²) in [6.45, 7) is 8.00. The number of halogens is 1. The maximum atomic E-state index is 5.35. The number of allylic oxidation sites excluding steroid dienone is 1. The molecule has 0 aliphatic rings. The first-order valence-corrected chi connectivity index (χ1v) is 4.19. The second kappa shape index (κ2) is 22.7. The molecular weight excluding hydrogens is 160 g/mol. The van der Waals surface area contributed by atoms with E-state index >= 15 is 0 Å². The van der Waals surface area contributed by atoms with Gasteiger partial charge in [0.25, 0.3) is 0 Å². The minimum Gasteiger partial charge on any atom is -0.405 e. The van der Waals surface area contributed by atoms with Crippen molar-refractivity contribution in [1.82, 2.24) is 0 Å². The molecule has 0 unspecified atom stereocenters. The SMILES string of the molecule is CC.CC.CN=C(Cl)/C=C\N. The van der Waals surface area contributed by atoms with Crippen molar-refractivity contribution < 1.29 is 0 Å². The van der Waals surface area contributed by atoms with Gasteiger partial charge in [0.2, 0.25) is 0 Å². The standard InChI is InChI=1S/C4H7ClN2.2C2H6/c1-7-4(5)2-3-6;2*1-2/h2-3H,6H2,1H3;2*1-2H3/b3-2-,7-4?;;. The zero-order valence-electron chi connectivity index (χ0n) is 8.06. The minimum atomic E-state index is 0.419. The molecule has 0 fully saturated rings. The third-order valence-electron chi connectivity index (χ3n) is 0.447. The Morgan fingerprint density at radius 3 is 1.73 bits per heavy atom. The van der Waals surface area contributed by atoms with Gasteiger partial charge >= 0.3 is 0 Å². The van der Waals surface area contributed by atoms with Crippen molar-refractivity contribution >= 4 is 16.8 Å². The number of aliphatic imine (C=N–C) groups is 1. The molecule has 0 saturated heterocycles. The molecular formula is C8H19ClN2. The molecule has 0 rings (SSSR count). The van der Waals surface area contributed by atoms with E-state index < -0.39 is 0 Å². The fourth-order valence-electron chi connectivity index (χ4n) is 0.154. The summed E-state index contributed by atoms with van der Waals surface area (Å²) in [5.41, 5.74) is 4.96. The quantitative estimate of drug-likeness (QED) is 0.617. The van der Waals surface area contributed by atoms with E-state index in [4.69, 9.17) is 17.3 Å². The van der Waals surface area contributed by atoms with Crippen molar-refractivity contribution in [2.45, 2.75) is 27.7 Å². The summed E-state index contributed by atoms with van der Waals surface area (Å²) in [6, 6.07) is 0. The monoisotopic (exact) mass is 178 g/mol. The van der Waals surface area contributed by atoms with Crippen LogP contribution in [-0.2, 0) is 0 Å². The van der Waals surface area contributed by atoms with Gasteiger partial charge in [-0.3, -0.25) is 4.99 Å². The van der Waals surface area contributed by atoms with Crippen LogP contribution in [0.1, 0.15) is 27.7 Å². The van der Waals surface area contributed by atoms with Gasteiger partial charge in [0.05, 0.1) is 0 Å². The number of nitrogens with two attached hydrogens (primary N) is 1. The molecule has 0 aliphatic heterocycles. The van der Waals surface area contributed by atoms with Gasteiger partial charge in [-0.05, 0) is 12.3 Å². The topological polar surface area (TPSA) is 38.4 Å². The van der Waals surface area contributed by atoms with E-state index in [2.05, 4.69) is 4.99 Å². The van der Waals surface area contributed by atoms with E-state index in [-0.39, 0.29) is 0 Å². The second-order valence-electron chi connectivity index (χ2n) is 0.905. The lowest BCUT2D eigenvalue weighted by molar-refractivity contribution is 1.46. The first-order valence-electron chi connectivity index (χ1n) is 3.82. The van der Waals surface area contributed by atoms with Crippen LogP contribution in [0.2, 0.25) is 0 Å². The fourth-order valence-corrected chi connectivity index (χ4v) is 0.227. The third kappa shape index (κ3) is 26.4. The molecule has 2 nitrogen and oxygen atoms in total. The normalized spacial score (nSPS) is 9.45. The highest BCUT2D eigenvalue weighted by Crippen LogP contribution is 1.82. The number of hydrogen-bond donors (Lipinski definition) is 1. The summed E-state index contributed by atoms with van der Waals surface area (Å²) < 4.78 is 0. The maximum absolute atomic E-state index is 5.35. The minimum absolute atomic E-state index is 0.419. The van der Waals surface area contributed by atoms with Gasteiger partial charge < -0.3 is 5.73 Å². The molecule has 0 aromatic carbocycles. The Hall–Kier alpha value is -0.500. The van der Waals surface area contributed by atoms with Gasteiger partial charge in [0.15, 0.2) is 0 Å². The Labute approximate surface area is 75.2 Å². The summed E-state index contributed by atoms with van der Waals surface area (Å²) in [4.78, 5) is 3.59. The summed E-state index contributed by atoms with van der Waals surface area (Å²) in [6.07, 6.45) is 2.86. The first kappa shape index (κ1) is 16.8. The molecule has 0 spiro atoms. The van der Waals surface area contributed by atoms with Crippen LogP contribution in [0, 0.1) is 0 Å². The summed E-state index contributed by atoms with van der Waals surface area (Å²) in [5, 5.41) is 0.419. The molecule has 0 radical (unpaired) electrons. The lowest BCUT2D eigenvalue weighted by Gasteiger charge is -1.77. The summed E-state index contributed by atoms with van der Waals surface area (Å²) in [5.74, 6) is 0. The fraction of sp³-hybridized carbons (Fsp3) is 0.625. The molecule has 0 bridgehead atoms. The van der Waals surface area contributed by atoms with Crippen LogP contribution in [0.15, 0.2) is 17.3 Å². The lowest BCUT2D eigenvalue weighted by Crippen LogP contribution is -1.82. The average Bonchev–Trinajstić information content (AvgIpc) is 2.12. The largest absolute Gasteiger partial charge is 0.405 e. The molecule has 0 heterocycles. The van der Waals surface area contributed by atoms with E-state index in [1.54, 1.807) is 7.05 Å². The molecule has 0 amide bonds. The summed E-state index contributed by atoms with van der Waals surface area (Å²) >= 11 is 5.35. The number of rotatable bonds is 1. The van der Waals surface area contributed by atoms with Crippen LogP contribution >= 0.6 is 11.6 Å². The average molecular weight is 179 g/mol. The van der Waals surface area contributed by atoms with E-state index in [1.807, 2.05) is 27.7 Å². The molecule has 68 valence electrons. The van der Waals surface area contributed by atoms with Crippen molar-refractivity contribution in [3.63, 3.8) is 0 Å². The highest BCUT2D eigenvalue weighted by atomic mass is 35.5. The van der Waals surface area contributed by atoms with Crippen molar-refractivity contribution in [3.8, 4) is 0 Å². The molecule has 0 aromatic heterocycles. The van der Waals surface area contributed by atoms with Gasteiger partial charge in [0.1, 0.15) is 5.17 Å². The lowest BCUT2D eigenvalue weighted by atomic mass is 10.7. The Kier molecular flexibility index (Phi) is 34.8. The summed E-state index contributed by atoms with van der Waals surface area (Å²) in [7, 11) is 1.60. The van der Waals surface area contributed by atoms with Crippen LogP contribution in [0.25, 0.3) is 0 Å². The zero-order valence-corrected chi connectivity index (χ0v) is 8.81. The number of hydrogen-bond acceptors (Lipinski definition) is 2. The molecule has 0 aliphatic carbocycles. The molecule has 2 N–H and O–H groups in total. The van der Waals surface area contributed by atoms with Crippen LogP contribution in [0.3, 0.4) is 0 Å². The second-order valence-corrected chi connectivity index (χ2v) is 1.29. The van der Waals surface area contributed by atoms with Gasteiger partial charge in [-0.2, -0.15) is 0 Å². The predicted molar refractivity (Wildman–Crippen MR) is 55.2 cm³/mol. The maximum Gasteiger partial charge on any atom is 0.124 e. The van der Waals surface area contributed by atoms with Crippen molar-refractivity contribution in [1.29, 1.82) is 0 Å². The van der Waals surface area contributed by atoms with Crippen molar-refractivity contribution in [2.24, 2.45) is 10.7 Å². The van der Waals surface area contributed by atoms with Crippen molar-refractivity contribution in [3.05, 3.63) is 12.3 Å². The third-order valence-corrected chi connectivity index (χ3v) is 0.742. The van der Waals surface area contributed by atoms with Crippen LogP contribution in [0.5, 0.6) is 0 Å². The molecule has 0 aromatic rings. The smallest absolute Gasteiger partial charge is 0.124 e. The molecule has 3 heteroatoms.